The van der Waals surface area contributed by atoms with Gasteiger partial charge in [-0.25, -0.2) is 9.18 Å². The minimum absolute atomic E-state index is 0.0394. The highest BCUT2D eigenvalue weighted by Gasteiger charge is 2.36. The van der Waals surface area contributed by atoms with Crippen LogP contribution >= 0.6 is 0 Å². The summed E-state index contributed by atoms with van der Waals surface area (Å²) < 4.78 is 22.6. The van der Waals surface area contributed by atoms with Crippen molar-refractivity contribution in [2.24, 2.45) is 5.92 Å². The molecule has 0 radical (unpaired) electrons. The predicted molar refractivity (Wildman–Crippen MR) is 99.9 cm³/mol. The van der Waals surface area contributed by atoms with E-state index < -0.39 is 36.1 Å². The number of Topliss-reactive ketones (excluding diaryl/α,β-unsaturated/α-hetero) is 1. The molecule has 0 saturated carbocycles. The molecule has 150 valence electrons. The Kier molecular flexibility index (Phi) is 6.01. The summed E-state index contributed by atoms with van der Waals surface area (Å²) >= 11 is 0. The SMILES string of the molecule is COC(=O)c1ccc(N2CC(C(=O)OCC(=O)c3ccc(F)cc3)CC2=O)cc1. The monoisotopic (exact) mass is 399 g/mol. The second-order valence-corrected chi connectivity index (χ2v) is 6.48. The highest BCUT2D eigenvalue weighted by Crippen LogP contribution is 2.26. The van der Waals surface area contributed by atoms with Crippen LogP contribution < -0.4 is 4.90 Å². The summed E-state index contributed by atoms with van der Waals surface area (Å²) in [6, 6.07) is 11.2. The Morgan fingerprint density at radius 3 is 2.28 bits per heavy atom. The first-order valence-electron chi connectivity index (χ1n) is 8.83. The summed E-state index contributed by atoms with van der Waals surface area (Å²) in [6.07, 6.45) is -0.0394. The van der Waals surface area contributed by atoms with Gasteiger partial charge in [0.25, 0.3) is 0 Å². The zero-order chi connectivity index (χ0) is 21.0. The van der Waals surface area contributed by atoms with Crippen molar-refractivity contribution in [1.29, 1.82) is 0 Å². The van der Waals surface area contributed by atoms with Crippen LogP contribution in [-0.4, -0.2) is 43.9 Å². The number of hydrogen-bond acceptors (Lipinski definition) is 6. The number of esters is 2. The third-order valence-electron chi connectivity index (χ3n) is 4.57. The third kappa shape index (κ3) is 4.66. The minimum atomic E-state index is -0.705. The lowest BCUT2D eigenvalue weighted by Gasteiger charge is -2.16. The van der Waals surface area contributed by atoms with E-state index in [9.17, 15) is 23.6 Å². The number of benzene rings is 2. The van der Waals surface area contributed by atoms with Crippen LogP contribution in [0.4, 0.5) is 10.1 Å². The number of ketones is 1. The number of ether oxygens (including phenoxy) is 2. The van der Waals surface area contributed by atoms with E-state index in [1.807, 2.05) is 0 Å². The maximum Gasteiger partial charge on any atom is 0.337 e. The highest BCUT2D eigenvalue weighted by molar-refractivity contribution is 6.01. The molecule has 0 aliphatic carbocycles. The smallest absolute Gasteiger partial charge is 0.337 e. The summed E-state index contributed by atoms with van der Waals surface area (Å²) in [5.74, 6) is -3.04. The van der Waals surface area contributed by atoms with Gasteiger partial charge < -0.3 is 14.4 Å². The Morgan fingerprint density at radius 2 is 1.66 bits per heavy atom. The Hall–Kier alpha value is -3.55. The molecule has 1 aliphatic heterocycles. The lowest BCUT2D eigenvalue weighted by Crippen LogP contribution is -2.27. The van der Waals surface area contributed by atoms with Crippen molar-refractivity contribution >= 4 is 29.3 Å². The van der Waals surface area contributed by atoms with Crippen LogP contribution in [0.3, 0.4) is 0 Å². The van der Waals surface area contributed by atoms with Gasteiger partial charge in [-0.2, -0.15) is 0 Å². The topological polar surface area (TPSA) is 90.0 Å². The van der Waals surface area contributed by atoms with E-state index in [4.69, 9.17) is 4.74 Å². The number of halogens is 1. The van der Waals surface area contributed by atoms with Gasteiger partial charge in [-0.1, -0.05) is 0 Å². The quantitative estimate of drug-likeness (QED) is 0.547. The molecule has 0 spiro atoms. The molecule has 1 aliphatic rings. The normalized spacial score (nSPS) is 15.9. The first-order valence-corrected chi connectivity index (χ1v) is 8.83. The van der Waals surface area contributed by atoms with Crippen molar-refractivity contribution in [2.75, 3.05) is 25.2 Å². The van der Waals surface area contributed by atoms with E-state index in [1.54, 1.807) is 12.1 Å². The zero-order valence-electron chi connectivity index (χ0n) is 15.6. The van der Waals surface area contributed by atoms with Crippen LogP contribution in [0.2, 0.25) is 0 Å². The van der Waals surface area contributed by atoms with E-state index in [-0.39, 0.29) is 24.4 Å². The van der Waals surface area contributed by atoms with E-state index >= 15 is 0 Å². The minimum Gasteiger partial charge on any atom is -0.465 e. The van der Waals surface area contributed by atoms with Gasteiger partial charge in [0.2, 0.25) is 5.91 Å². The van der Waals surface area contributed by atoms with Gasteiger partial charge in [-0.3, -0.25) is 14.4 Å². The molecule has 2 aromatic rings. The van der Waals surface area contributed by atoms with Crippen molar-refractivity contribution in [3.63, 3.8) is 0 Å². The molecule has 0 N–H and O–H groups in total. The van der Waals surface area contributed by atoms with Crippen LogP contribution in [0.5, 0.6) is 0 Å². The molecule has 2 aromatic carbocycles. The molecule has 7 nitrogen and oxygen atoms in total. The standard InChI is InChI=1S/C21H18FNO6/c1-28-20(26)14-4-8-17(9-5-14)23-11-15(10-19(23)25)21(27)29-12-18(24)13-2-6-16(22)7-3-13/h2-9,15H,10-12H2,1H3. The first kappa shape index (κ1) is 20.2. The predicted octanol–water partition coefficient (Wildman–Crippen LogP) is 2.39. The number of amides is 1. The van der Waals surface area contributed by atoms with Gasteiger partial charge in [0, 0.05) is 24.2 Å². The fraction of sp³-hybridized carbons (Fsp3) is 0.238. The van der Waals surface area contributed by atoms with E-state index in [2.05, 4.69) is 4.74 Å². The van der Waals surface area contributed by atoms with Crippen molar-refractivity contribution in [3.05, 3.63) is 65.5 Å². The summed E-state index contributed by atoms with van der Waals surface area (Å²) in [5, 5.41) is 0. The van der Waals surface area contributed by atoms with Crippen LogP contribution in [0.25, 0.3) is 0 Å². The zero-order valence-corrected chi connectivity index (χ0v) is 15.6. The van der Waals surface area contributed by atoms with Gasteiger partial charge in [-0.15, -0.1) is 0 Å². The fourth-order valence-corrected chi connectivity index (χ4v) is 2.98. The largest absolute Gasteiger partial charge is 0.465 e. The van der Waals surface area contributed by atoms with Crippen molar-refractivity contribution in [3.8, 4) is 0 Å². The number of rotatable bonds is 6. The van der Waals surface area contributed by atoms with Crippen LogP contribution in [0.1, 0.15) is 27.1 Å². The maximum absolute atomic E-state index is 12.9. The molecule has 1 amide bonds. The van der Waals surface area contributed by atoms with Crippen LogP contribution in [0.15, 0.2) is 48.5 Å². The van der Waals surface area contributed by atoms with Gasteiger partial charge >= 0.3 is 11.9 Å². The Morgan fingerprint density at radius 1 is 1.03 bits per heavy atom. The highest BCUT2D eigenvalue weighted by atomic mass is 19.1. The van der Waals surface area contributed by atoms with Gasteiger partial charge in [0.05, 0.1) is 18.6 Å². The molecule has 1 saturated heterocycles. The number of anilines is 1. The van der Waals surface area contributed by atoms with E-state index in [0.29, 0.717) is 11.3 Å². The molecule has 3 rings (SSSR count). The second kappa shape index (κ2) is 8.64. The van der Waals surface area contributed by atoms with Crippen molar-refractivity contribution < 1.29 is 33.0 Å². The number of methoxy groups -OCH3 is 1. The molecule has 8 heteroatoms. The molecule has 1 unspecified atom stereocenters. The number of carbonyl (C=O) groups is 4. The van der Waals surface area contributed by atoms with Crippen molar-refractivity contribution in [2.45, 2.75) is 6.42 Å². The second-order valence-electron chi connectivity index (χ2n) is 6.48. The molecule has 1 fully saturated rings. The third-order valence-corrected chi connectivity index (χ3v) is 4.57. The fourth-order valence-electron chi connectivity index (χ4n) is 2.98. The summed E-state index contributed by atoms with van der Waals surface area (Å²) in [7, 11) is 1.28. The van der Waals surface area contributed by atoms with Crippen LogP contribution in [-0.2, 0) is 19.1 Å². The molecule has 0 aromatic heterocycles. The molecule has 1 heterocycles. The molecular formula is C21H18FNO6. The Balaban J connectivity index is 1.57. The van der Waals surface area contributed by atoms with Crippen LogP contribution in [0, 0.1) is 11.7 Å². The molecule has 29 heavy (non-hydrogen) atoms. The Bertz CT molecular complexity index is 939. The lowest BCUT2D eigenvalue weighted by atomic mass is 10.1. The van der Waals surface area contributed by atoms with Gasteiger partial charge in [0.1, 0.15) is 5.82 Å². The number of hydrogen-bond donors (Lipinski definition) is 0. The van der Waals surface area contributed by atoms with E-state index in [0.717, 1.165) is 12.1 Å². The summed E-state index contributed by atoms with van der Waals surface area (Å²) in [5.41, 5.74) is 1.12. The first-order chi connectivity index (χ1) is 13.9. The van der Waals surface area contributed by atoms with E-state index in [1.165, 1.54) is 36.3 Å². The van der Waals surface area contributed by atoms with Crippen molar-refractivity contribution in [1.82, 2.24) is 0 Å². The van der Waals surface area contributed by atoms with Gasteiger partial charge in [-0.05, 0) is 48.5 Å². The maximum atomic E-state index is 12.9. The average Bonchev–Trinajstić information content (AvgIpc) is 3.13. The lowest BCUT2D eigenvalue weighted by molar-refractivity contribution is -0.147. The number of carbonyl (C=O) groups excluding carboxylic acids is 4. The summed E-state index contributed by atoms with van der Waals surface area (Å²) in [4.78, 5) is 49.5. The molecule has 0 bridgehead atoms. The molecular weight excluding hydrogens is 381 g/mol. The average molecular weight is 399 g/mol. The molecule has 1 atom stereocenters. The van der Waals surface area contributed by atoms with Gasteiger partial charge in [0.15, 0.2) is 12.4 Å². The Labute approximate surface area is 166 Å². The summed E-state index contributed by atoms with van der Waals surface area (Å²) in [6.45, 7) is -0.372. The number of nitrogens with zero attached hydrogens (tertiary/aromatic N) is 1.